The number of amides is 1. The van der Waals surface area contributed by atoms with E-state index in [4.69, 9.17) is 0 Å². The van der Waals surface area contributed by atoms with Gasteiger partial charge in [0.15, 0.2) is 0 Å². The molecule has 2 saturated heterocycles. The molecule has 4 atom stereocenters. The molecule has 1 spiro atoms. The van der Waals surface area contributed by atoms with Crippen LogP contribution in [-0.2, 0) is 16.8 Å². The number of hydrogen-bond acceptors (Lipinski definition) is 2. The smallest absolute Gasteiger partial charge is 0.262 e. The van der Waals surface area contributed by atoms with E-state index in [9.17, 15) is 4.79 Å². The number of hydrogen-bond donors (Lipinski definition) is 2. The Morgan fingerprint density at radius 2 is 1.97 bits per heavy atom. The predicted molar refractivity (Wildman–Crippen MR) is 138 cm³/mol. The van der Waals surface area contributed by atoms with Crippen LogP contribution in [0.5, 0.6) is 0 Å². The number of fused-ring (bicyclic) bond motifs is 2. The number of carbonyl (C=O) groups is 1. The van der Waals surface area contributed by atoms with Gasteiger partial charge in [-0.2, -0.15) is 0 Å². The van der Waals surface area contributed by atoms with Gasteiger partial charge in [-0.15, -0.1) is 0 Å². The molecule has 186 valence electrons. The second-order valence-electron chi connectivity index (χ2n) is 11.5. The largest absolute Gasteiger partial charge is 0.336 e. The van der Waals surface area contributed by atoms with E-state index in [0.29, 0.717) is 11.8 Å². The summed E-state index contributed by atoms with van der Waals surface area (Å²) in [6.45, 7) is 5.75. The summed E-state index contributed by atoms with van der Waals surface area (Å²) in [5.41, 5.74) is 4.11. The summed E-state index contributed by atoms with van der Waals surface area (Å²) in [5.74, 6) is 2.18. The maximum atomic E-state index is 14.4. The second kappa shape index (κ2) is 9.57. The Kier molecular flexibility index (Phi) is 6.30. The zero-order valence-electron chi connectivity index (χ0n) is 21.3. The molecule has 1 aromatic heterocycles. The highest BCUT2D eigenvalue weighted by Gasteiger charge is 2.56. The Hall–Kier alpha value is -2.40. The highest BCUT2D eigenvalue weighted by atomic mass is 16.2. The number of H-pyrrole nitrogens is 1. The van der Waals surface area contributed by atoms with Gasteiger partial charge in [0, 0.05) is 26.6 Å². The van der Waals surface area contributed by atoms with Gasteiger partial charge in [0.1, 0.15) is 11.9 Å². The van der Waals surface area contributed by atoms with Crippen LogP contribution >= 0.6 is 0 Å². The summed E-state index contributed by atoms with van der Waals surface area (Å²) in [6, 6.07) is 11.2. The third-order valence-electron chi connectivity index (χ3n) is 9.32. The number of nitrogens with zero attached hydrogens (tertiary/aromatic N) is 2. The molecule has 2 aromatic rings. The highest BCUT2D eigenvalue weighted by molar-refractivity contribution is 5.82. The molecule has 35 heavy (non-hydrogen) atoms. The van der Waals surface area contributed by atoms with E-state index in [1.807, 2.05) is 0 Å². The van der Waals surface area contributed by atoms with Crippen LogP contribution in [0.15, 0.2) is 48.2 Å². The van der Waals surface area contributed by atoms with E-state index in [1.165, 1.54) is 49.2 Å². The van der Waals surface area contributed by atoms with Gasteiger partial charge in [-0.3, -0.25) is 4.79 Å². The third-order valence-corrected chi connectivity index (χ3v) is 9.32. The molecular formula is C30H41N4O+. The van der Waals surface area contributed by atoms with Crippen molar-refractivity contribution in [3.8, 4) is 0 Å². The Labute approximate surface area is 210 Å². The minimum absolute atomic E-state index is 0.00707. The molecule has 3 aliphatic heterocycles. The number of aromatic nitrogens is 2. The van der Waals surface area contributed by atoms with Gasteiger partial charge in [-0.05, 0) is 62.8 Å². The lowest BCUT2D eigenvalue weighted by molar-refractivity contribution is -0.713. The second-order valence-corrected chi connectivity index (χ2v) is 11.5. The first kappa shape index (κ1) is 23.0. The normalized spacial score (nSPS) is 30.9. The number of piperidine rings is 1. The standard InChI is InChI=1S/C30H40N4O/c1-22-20-33-15-8-14-30(29(33)32-22)21-31-19-27(30)28(35)34-16-13-25(24-11-6-3-7-12-24)18-26(34)17-23-9-4-2-5-10-23/h3,6-7,11-12,17,20,25-27,31H,2,4-5,8-10,13-16,18-19,21H2,1H3/p+1/t25-,26-,27+,30-/m1/s1. The summed E-state index contributed by atoms with van der Waals surface area (Å²) < 4.78 is 2.38. The molecular weight excluding hydrogens is 432 g/mol. The van der Waals surface area contributed by atoms with Gasteiger partial charge >= 0.3 is 0 Å². The average molecular weight is 474 g/mol. The SMILES string of the molecule is Cc1c[n+]2c([nH]1)[C@]1(CCC2)CNC[C@H]1C(=O)N1CC[C@@H](c2ccccc2)C[C@H]1C=C1CCCCC1. The van der Waals surface area contributed by atoms with Gasteiger partial charge in [-0.25, -0.2) is 9.55 Å². The number of benzene rings is 1. The number of nitrogens with one attached hydrogen (secondary N) is 2. The number of aryl methyl sites for hydroxylation is 2. The van der Waals surface area contributed by atoms with Crippen molar-refractivity contribution in [2.45, 2.75) is 88.6 Å². The highest BCUT2D eigenvalue weighted by Crippen LogP contribution is 2.43. The van der Waals surface area contributed by atoms with Crippen molar-refractivity contribution < 1.29 is 9.36 Å². The number of likely N-dealkylation sites (tertiary alicyclic amines) is 1. The Morgan fingerprint density at radius 3 is 2.80 bits per heavy atom. The van der Waals surface area contributed by atoms with Crippen molar-refractivity contribution >= 4 is 5.91 Å². The van der Waals surface area contributed by atoms with Crippen molar-refractivity contribution in [1.82, 2.24) is 15.2 Å². The van der Waals surface area contributed by atoms with Gasteiger partial charge in [-0.1, -0.05) is 48.4 Å². The van der Waals surface area contributed by atoms with Crippen molar-refractivity contribution in [3.63, 3.8) is 0 Å². The molecule has 1 amide bonds. The van der Waals surface area contributed by atoms with Crippen LogP contribution in [0.4, 0.5) is 0 Å². The lowest BCUT2D eigenvalue weighted by Crippen LogP contribution is -2.57. The maximum absolute atomic E-state index is 14.4. The molecule has 0 unspecified atom stereocenters. The fourth-order valence-corrected chi connectivity index (χ4v) is 7.55. The molecule has 1 aliphatic carbocycles. The maximum Gasteiger partial charge on any atom is 0.262 e. The van der Waals surface area contributed by atoms with Crippen molar-refractivity contribution in [3.05, 3.63) is 65.3 Å². The topological polar surface area (TPSA) is 52.0 Å². The van der Waals surface area contributed by atoms with Gasteiger partial charge in [0.05, 0.1) is 23.9 Å². The molecule has 4 aliphatic rings. The number of rotatable bonds is 3. The first-order valence-electron chi connectivity index (χ1n) is 14.0. The first-order valence-corrected chi connectivity index (χ1v) is 14.0. The summed E-state index contributed by atoms with van der Waals surface area (Å²) in [6.07, 6.45) is 15.5. The lowest BCUT2D eigenvalue weighted by atomic mass is 9.71. The van der Waals surface area contributed by atoms with Crippen LogP contribution in [0.25, 0.3) is 0 Å². The molecule has 5 heteroatoms. The Balaban J connectivity index is 1.30. The minimum atomic E-state index is -0.109. The molecule has 0 radical (unpaired) electrons. The monoisotopic (exact) mass is 473 g/mol. The number of allylic oxidation sites excluding steroid dienone is 1. The predicted octanol–water partition coefficient (Wildman–Crippen LogP) is 4.53. The number of carbonyl (C=O) groups excluding carboxylic acids is 1. The molecule has 1 aromatic carbocycles. The molecule has 0 bridgehead atoms. The van der Waals surface area contributed by atoms with Crippen LogP contribution in [0, 0.1) is 12.8 Å². The fraction of sp³-hybridized carbons (Fsp3) is 0.600. The molecule has 6 rings (SSSR count). The van der Waals surface area contributed by atoms with Gasteiger partial charge < -0.3 is 10.2 Å². The Morgan fingerprint density at radius 1 is 1.14 bits per heavy atom. The average Bonchev–Trinajstić information content (AvgIpc) is 3.49. The minimum Gasteiger partial charge on any atom is -0.336 e. The van der Waals surface area contributed by atoms with Crippen molar-refractivity contribution in [2.24, 2.45) is 5.92 Å². The van der Waals surface area contributed by atoms with Crippen molar-refractivity contribution in [1.29, 1.82) is 0 Å². The van der Waals surface area contributed by atoms with Gasteiger partial charge in [0.25, 0.3) is 5.82 Å². The van der Waals surface area contributed by atoms with E-state index < -0.39 is 0 Å². The van der Waals surface area contributed by atoms with E-state index >= 15 is 0 Å². The van der Waals surface area contributed by atoms with Crippen LogP contribution in [-0.4, -0.2) is 41.5 Å². The molecule has 2 N–H and O–H groups in total. The third kappa shape index (κ3) is 4.26. The van der Waals surface area contributed by atoms with Crippen LogP contribution in [0.3, 0.4) is 0 Å². The molecule has 3 fully saturated rings. The van der Waals surface area contributed by atoms with E-state index in [-0.39, 0.29) is 17.4 Å². The van der Waals surface area contributed by atoms with Crippen LogP contribution in [0.2, 0.25) is 0 Å². The first-order chi connectivity index (χ1) is 17.1. The zero-order chi connectivity index (χ0) is 23.8. The fourth-order valence-electron chi connectivity index (χ4n) is 7.55. The quantitative estimate of drug-likeness (QED) is 0.508. The summed E-state index contributed by atoms with van der Waals surface area (Å²) >= 11 is 0. The summed E-state index contributed by atoms with van der Waals surface area (Å²) in [7, 11) is 0. The lowest BCUT2D eigenvalue weighted by Gasteiger charge is -2.42. The van der Waals surface area contributed by atoms with Crippen LogP contribution < -0.4 is 9.88 Å². The molecule has 1 saturated carbocycles. The van der Waals surface area contributed by atoms with E-state index in [2.05, 4.69) is 69.3 Å². The Bertz CT molecular complexity index is 1080. The number of imidazole rings is 1. The summed E-state index contributed by atoms with van der Waals surface area (Å²) in [5, 5.41) is 3.64. The zero-order valence-corrected chi connectivity index (χ0v) is 21.3. The van der Waals surface area contributed by atoms with E-state index in [1.54, 1.807) is 5.57 Å². The number of aromatic amines is 1. The molecule has 5 nitrogen and oxygen atoms in total. The van der Waals surface area contributed by atoms with Crippen molar-refractivity contribution in [2.75, 3.05) is 19.6 Å². The molecule has 4 heterocycles. The van der Waals surface area contributed by atoms with Crippen LogP contribution in [0.1, 0.15) is 80.8 Å². The van der Waals surface area contributed by atoms with Gasteiger partial charge in [0.2, 0.25) is 5.91 Å². The summed E-state index contributed by atoms with van der Waals surface area (Å²) in [4.78, 5) is 20.4. The van der Waals surface area contributed by atoms with E-state index in [0.717, 1.165) is 51.9 Å².